The Kier molecular flexibility index (Phi) is 4.19. The summed E-state index contributed by atoms with van der Waals surface area (Å²) in [6, 6.07) is 15.9. The van der Waals surface area contributed by atoms with E-state index in [2.05, 4.69) is 50.5 Å². The molecule has 5 rings (SSSR count). The van der Waals surface area contributed by atoms with Crippen LogP contribution in [0.15, 0.2) is 59.1 Å². The number of nitrogens with zero attached hydrogens (tertiary/aromatic N) is 3. The van der Waals surface area contributed by atoms with Gasteiger partial charge < -0.3 is 9.40 Å². The van der Waals surface area contributed by atoms with Gasteiger partial charge in [0, 0.05) is 40.8 Å². The molecular weight excluding hydrogens is 360 g/mol. The molecule has 0 spiro atoms. The number of hydrogen-bond acceptors (Lipinski definition) is 4. The van der Waals surface area contributed by atoms with Crippen molar-refractivity contribution in [1.29, 1.82) is 0 Å². The lowest BCUT2D eigenvalue weighted by atomic mass is 10.1. The van der Waals surface area contributed by atoms with Gasteiger partial charge in [0.2, 0.25) is 11.8 Å². The van der Waals surface area contributed by atoms with Gasteiger partial charge in [-0.1, -0.05) is 29.8 Å². The second-order valence-corrected chi connectivity index (χ2v) is 7.47. The van der Waals surface area contributed by atoms with Crippen LogP contribution >= 0.6 is 11.6 Å². The highest BCUT2D eigenvalue weighted by Crippen LogP contribution is 2.30. The molecule has 27 heavy (non-hydrogen) atoms. The van der Waals surface area contributed by atoms with Crippen molar-refractivity contribution in [3.63, 3.8) is 0 Å². The SMILES string of the molecule is Clc1ccc(-c2nnc(C3CCN(Cc4c[nH]c5ccccc45)C3)o2)cc1. The maximum atomic E-state index is 5.95. The van der Waals surface area contributed by atoms with Crippen molar-refractivity contribution in [3.8, 4) is 11.5 Å². The average molecular weight is 379 g/mol. The van der Waals surface area contributed by atoms with E-state index in [-0.39, 0.29) is 5.92 Å². The lowest BCUT2D eigenvalue weighted by Crippen LogP contribution is -2.19. The predicted octanol–water partition coefficient (Wildman–Crippen LogP) is 4.86. The molecule has 6 heteroatoms. The third-order valence-electron chi connectivity index (χ3n) is 5.22. The van der Waals surface area contributed by atoms with Crippen LogP contribution in [0, 0.1) is 0 Å². The summed E-state index contributed by atoms with van der Waals surface area (Å²) in [6.45, 7) is 2.89. The zero-order valence-corrected chi connectivity index (χ0v) is 15.5. The Morgan fingerprint density at radius 1 is 1.11 bits per heavy atom. The summed E-state index contributed by atoms with van der Waals surface area (Å²) in [5, 5.41) is 10.5. The number of hydrogen-bond donors (Lipinski definition) is 1. The maximum absolute atomic E-state index is 5.95. The Morgan fingerprint density at radius 3 is 2.85 bits per heavy atom. The molecule has 0 aliphatic carbocycles. The molecule has 0 saturated carbocycles. The molecule has 2 aromatic heterocycles. The summed E-state index contributed by atoms with van der Waals surface area (Å²) in [7, 11) is 0. The fraction of sp³-hybridized carbons (Fsp3) is 0.238. The first-order valence-electron chi connectivity index (χ1n) is 9.13. The molecule has 2 aromatic carbocycles. The monoisotopic (exact) mass is 378 g/mol. The second-order valence-electron chi connectivity index (χ2n) is 7.03. The van der Waals surface area contributed by atoms with Crippen molar-refractivity contribution in [3.05, 3.63) is 71.2 Å². The zero-order chi connectivity index (χ0) is 18.2. The molecule has 1 aliphatic rings. The largest absolute Gasteiger partial charge is 0.420 e. The van der Waals surface area contributed by atoms with Gasteiger partial charge in [-0.2, -0.15) is 0 Å². The van der Waals surface area contributed by atoms with Crippen molar-refractivity contribution >= 4 is 22.5 Å². The standard InChI is InChI=1S/C21H19ClN4O/c22-17-7-5-14(6-8-17)20-24-25-21(27-20)15-9-10-26(12-15)13-16-11-23-19-4-2-1-3-18(16)19/h1-8,11,15,23H,9-10,12-13H2. The van der Waals surface area contributed by atoms with Crippen LogP contribution in [0.1, 0.15) is 23.8 Å². The zero-order valence-electron chi connectivity index (χ0n) is 14.7. The van der Waals surface area contributed by atoms with Crippen LogP contribution in [0.5, 0.6) is 0 Å². The van der Waals surface area contributed by atoms with Gasteiger partial charge in [-0.05, 0) is 48.9 Å². The number of para-hydroxylation sites is 1. The van der Waals surface area contributed by atoms with E-state index in [0.29, 0.717) is 10.9 Å². The van der Waals surface area contributed by atoms with E-state index in [1.54, 1.807) is 0 Å². The summed E-state index contributed by atoms with van der Waals surface area (Å²) in [5.74, 6) is 1.56. The number of fused-ring (bicyclic) bond motifs is 1. The first-order chi connectivity index (χ1) is 13.3. The van der Waals surface area contributed by atoms with Gasteiger partial charge in [0.15, 0.2) is 0 Å². The van der Waals surface area contributed by atoms with Crippen molar-refractivity contribution in [2.24, 2.45) is 0 Å². The topological polar surface area (TPSA) is 58.0 Å². The van der Waals surface area contributed by atoms with Crippen LogP contribution in [0.2, 0.25) is 5.02 Å². The van der Waals surface area contributed by atoms with E-state index in [4.69, 9.17) is 16.0 Å². The van der Waals surface area contributed by atoms with E-state index in [9.17, 15) is 0 Å². The highest BCUT2D eigenvalue weighted by Gasteiger charge is 2.28. The number of H-pyrrole nitrogens is 1. The summed E-state index contributed by atoms with van der Waals surface area (Å²) < 4.78 is 5.95. The molecule has 1 atom stereocenters. The maximum Gasteiger partial charge on any atom is 0.247 e. The van der Waals surface area contributed by atoms with Crippen molar-refractivity contribution < 1.29 is 4.42 Å². The minimum Gasteiger partial charge on any atom is -0.420 e. The highest BCUT2D eigenvalue weighted by atomic mass is 35.5. The number of benzene rings is 2. The molecule has 1 fully saturated rings. The van der Waals surface area contributed by atoms with Crippen molar-refractivity contribution in [1.82, 2.24) is 20.1 Å². The van der Waals surface area contributed by atoms with Gasteiger partial charge in [0.05, 0.1) is 5.92 Å². The summed E-state index contributed by atoms with van der Waals surface area (Å²) in [4.78, 5) is 5.80. The van der Waals surface area contributed by atoms with E-state index < -0.39 is 0 Å². The van der Waals surface area contributed by atoms with Crippen molar-refractivity contribution in [2.45, 2.75) is 18.9 Å². The first-order valence-corrected chi connectivity index (χ1v) is 9.51. The van der Waals surface area contributed by atoms with Crippen molar-refractivity contribution in [2.75, 3.05) is 13.1 Å². The Morgan fingerprint density at radius 2 is 1.96 bits per heavy atom. The minimum atomic E-state index is 0.281. The molecule has 5 nitrogen and oxygen atoms in total. The Balaban J connectivity index is 1.29. The van der Waals surface area contributed by atoms with Gasteiger partial charge in [-0.15, -0.1) is 10.2 Å². The Labute approximate surface area is 162 Å². The third-order valence-corrected chi connectivity index (χ3v) is 5.47. The number of aromatic amines is 1. The van der Waals surface area contributed by atoms with Crippen LogP contribution in [0.4, 0.5) is 0 Å². The molecule has 1 N–H and O–H groups in total. The van der Waals surface area contributed by atoms with Crippen LogP contribution in [0.25, 0.3) is 22.4 Å². The lowest BCUT2D eigenvalue weighted by molar-refractivity contribution is 0.321. The summed E-state index contributed by atoms with van der Waals surface area (Å²) in [6.07, 6.45) is 3.15. The van der Waals surface area contributed by atoms with Crippen LogP contribution < -0.4 is 0 Å². The molecule has 1 aliphatic heterocycles. The summed E-state index contributed by atoms with van der Waals surface area (Å²) >= 11 is 5.94. The van der Waals surface area contributed by atoms with E-state index >= 15 is 0 Å². The first kappa shape index (κ1) is 16.5. The molecular formula is C21H19ClN4O. The molecule has 0 radical (unpaired) electrons. The van der Waals surface area contributed by atoms with Gasteiger partial charge in [0.1, 0.15) is 0 Å². The molecule has 0 bridgehead atoms. The smallest absolute Gasteiger partial charge is 0.247 e. The quantitative estimate of drug-likeness (QED) is 0.551. The predicted molar refractivity (Wildman–Crippen MR) is 106 cm³/mol. The third kappa shape index (κ3) is 3.24. The lowest BCUT2D eigenvalue weighted by Gasteiger charge is -2.14. The fourth-order valence-electron chi connectivity index (χ4n) is 3.79. The fourth-order valence-corrected chi connectivity index (χ4v) is 3.92. The van der Waals surface area contributed by atoms with Crippen LogP contribution in [-0.4, -0.2) is 33.2 Å². The second kappa shape index (κ2) is 6.83. The number of rotatable bonds is 4. The normalized spacial score (nSPS) is 17.7. The van der Waals surface area contributed by atoms with E-state index in [1.165, 1.54) is 16.5 Å². The average Bonchev–Trinajstić information content (AvgIpc) is 3.43. The molecule has 3 heterocycles. The minimum absolute atomic E-state index is 0.281. The molecule has 136 valence electrons. The summed E-state index contributed by atoms with van der Waals surface area (Å²) in [5.41, 5.74) is 3.41. The number of nitrogens with one attached hydrogen (secondary N) is 1. The number of aromatic nitrogens is 3. The molecule has 0 amide bonds. The van der Waals surface area contributed by atoms with E-state index in [0.717, 1.165) is 37.5 Å². The van der Waals surface area contributed by atoms with Gasteiger partial charge in [-0.25, -0.2) is 0 Å². The van der Waals surface area contributed by atoms with Crippen LogP contribution in [0.3, 0.4) is 0 Å². The number of halogens is 1. The highest BCUT2D eigenvalue weighted by molar-refractivity contribution is 6.30. The van der Waals surface area contributed by atoms with Gasteiger partial charge in [0.25, 0.3) is 0 Å². The molecule has 1 saturated heterocycles. The van der Waals surface area contributed by atoms with Gasteiger partial charge in [-0.3, -0.25) is 4.90 Å². The van der Waals surface area contributed by atoms with Crippen LogP contribution in [-0.2, 0) is 6.54 Å². The molecule has 1 unspecified atom stereocenters. The van der Waals surface area contributed by atoms with Gasteiger partial charge >= 0.3 is 0 Å². The Hall–Kier alpha value is -2.63. The van der Waals surface area contributed by atoms with E-state index in [1.807, 2.05) is 24.3 Å². The number of likely N-dealkylation sites (tertiary alicyclic amines) is 1. The molecule has 4 aromatic rings. The Bertz CT molecular complexity index is 1070.